The number of hydrogen-bond acceptors (Lipinski definition) is 5. The number of amides is 1. The Morgan fingerprint density at radius 1 is 1.08 bits per heavy atom. The van der Waals surface area contributed by atoms with E-state index in [1.54, 1.807) is 0 Å². The van der Waals surface area contributed by atoms with Gasteiger partial charge >= 0.3 is 11.9 Å². The van der Waals surface area contributed by atoms with Crippen LogP contribution in [0.1, 0.15) is 56.1 Å². The molecule has 2 N–H and O–H groups in total. The molecule has 2 aromatic rings. The molecule has 0 saturated carbocycles. The van der Waals surface area contributed by atoms with Crippen LogP contribution in [0.25, 0.3) is 0 Å². The van der Waals surface area contributed by atoms with Crippen molar-refractivity contribution < 1.29 is 24.2 Å². The van der Waals surface area contributed by atoms with Crippen LogP contribution < -0.4 is 5.32 Å². The van der Waals surface area contributed by atoms with Crippen molar-refractivity contribution in [1.29, 1.82) is 0 Å². The van der Waals surface area contributed by atoms with Crippen LogP contribution in [0.2, 0.25) is 0 Å². The van der Waals surface area contributed by atoms with Gasteiger partial charge in [-0.2, -0.15) is 0 Å². The average Bonchev–Trinajstić information content (AvgIpc) is 3.01. The summed E-state index contributed by atoms with van der Waals surface area (Å²) >= 11 is 0. The van der Waals surface area contributed by atoms with E-state index in [1.807, 2.05) is 67.6 Å². The predicted octanol–water partition coefficient (Wildman–Crippen LogP) is 4.20. The Morgan fingerprint density at radius 3 is 2.39 bits per heavy atom. The Hall–Kier alpha value is -2.90. The highest BCUT2D eigenvalue weighted by molar-refractivity contribution is 5.86. The predicted molar refractivity (Wildman–Crippen MR) is 141 cm³/mol. The summed E-state index contributed by atoms with van der Waals surface area (Å²) in [5.41, 5.74) is 2.18. The van der Waals surface area contributed by atoms with Crippen molar-refractivity contribution in [3.05, 3.63) is 71.8 Å². The molecule has 3 rings (SSSR count). The van der Waals surface area contributed by atoms with E-state index in [2.05, 4.69) is 5.32 Å². The Bertz CT molecular complexity index is 957. The van der Waals surface area contributed by atoms with Crippen molar-refractivity contribution >= 4 is 30.3 Å². The van der Waals surface area contributed by atoms with Gasteiger partial charge in [-0.05, 0) is 43.2 Å². The van der Waals surface area contributed by atoms with Crippen molar-refractivity contribution in [3.63, 3.8) is 0 Å². The first kappa shape index (κ1) is 29.3. The maximum Gasteiger partial charge on any atom is 0.323 e. The SMILES string of the molecule is CCCCOC(=O)[C@H](CCc1ccccc1)NC1CCC(c2ccccc2)CN(CC(=O)O)C1=O.Cl. The summed E-state index contributed by atoms with van der Waals surface area (Å²) in [5, 5.41) is 12.7. The topological polar surface area (TPSA) is 95.9 Å². The van der Waals surface area contributed by atoms with Gasteiger partial charge in [0.25, 0.3) is 0 Å². The fraction of sp³-hybridized carbons (Fsp3) is 0.464. The third-order valence-electron chi connectivity index (χ3n) is 6.45. The van der Waals surface area contributed by atoms with E-state index in [1.165, 1.54) is 4.90 Å². The summed E-state index contributed by atoms with van der Waals surface area (Å²) < 4.78 is 5.50. The molecule has 0 aliphatic carbocycles. The van der Waals surface area contributed by atoms with Crippen molar-refractivity contribution in [3.8, 4) is 0 Å². The molecule has 2 aromatic carbocycles. The highest BCUT2D eigenvalue weighted by Gasteiger charge is 2.35. The molecule has 7 nitrogen and oxygen atoms in total. The number of nitrogens with one attached hydrogen (secondary N) is 1. The van der Waals surface area contributed by atoms with Crippen molar-refractivity contribution in [2.75, 3.05) is 19.7 Å². The molecule has 1 aliphatic heterocycles. The summed E-state index contributed by atoms with van der Waals surface area (Å²) in [6, 6.07) is 18.4. The number of likely N-dealkylation sites (tertiary alicyclic amines) is 1. The number of rotatable bonds is 12. The van der Waals surface area contributed by atoms with Gasteiger partial charge in [0, 0.05) is 12.5 Å². The number of carbonyl (C=O) groups excluding carboxylic acids is 2. The second-order valence-electron chi connectivity index (χ2n) is 9.11. The first-order valence-electron chi connectivity index (χ1n) is 12.5. The third-order valence-corrected chi connectivity index (χ3v) is 6.45. The Kier molecular flexibility index (Phi) is 12.4. The van der Waals surface area contributed by atoms with Gasteiger partial charge in [0.05, 0.1) is 12.6 Å². The summed E-state index contributed by atoms with van der Waals surface area (Å²) in [6.45, 7) is 2.35. The van der Waals surface area contributed by atoms with Gasteiger partial charge in [-0.1, -0.05) is 74.0 Å². The number of hydrogen-bond donors (Lipinski definition) is 2. The molecule has 1 heterocycles. The lowest BCUT2D eigenvalue weighted by atomic mass is 9.93. The number of unbranched alkanes of at least 4 members (excludes halogenated alkanes) is 1. The largest absolute Gasteiger partial charge is 0.480 e. The maximum atomic E-state index is 13.4. The minimum Gasteiger partial charge on any atom is -0.480 e. The fourth-order valence-electron chi connectivity index (χ4n) is 4.50. The van der Waals surface area contributed by atoms with Gasteiger partial charge in [0.15, 0.2) is 0 Å². The van der Waals surface area contributed by atoms with Crippen LogP contribution in [0.4, 0.5) is 0 Å². The van der Waals surface area contributed by atoms with Crippen molar-refractivity contribution in [2.45, 2.75) is 63.5 Å². The van der Waals surface area contributed by atoms with Crippen LogP contribution in [-0.2, 0) is 25.5 Å². The minimum atomic E-state index is -1.05. The lowest BCUT2D eigenvalue weighted by Crippen LogP contribution is -2.52. The molecular formula is C28H37ClN2O5. The molecule has 2 unspecified atom stereocenters. The number of nitrogens with zero attached hydrogens (tertiary/aromatic N) is 1. The van der Waals surface area contributed by atoms with Gasteiger partial charge < -0.3 is 14.7 Å². The highest BCUT2D eigenvalue weighted by Crippen LogP contribution is 2.27. The van der Waals surface area contributed by atoms with Crippen LogP contribution in [-0.4, -0.2) is 59.6 Å². The first-order valence-corrected chi connectivity index (χ1v) is 12.5. The van der Waals surface area contributed by atoms with Gasteiger partial charge in [-0.3, -0.25) is 19.7 Å². The number of carboxylic acid groups (broad SMARTS) is 1. The van der Waals surface area contributed by atoms with Crippen LogP contribution >= 0.6 is 12.4 Å². The first-order chi connectivity index (χ1) is 17.0. The molecule has 8 heteroatoms. The quantitative estimate of drug-likeness (QED) is 0.324. The number of halogens is 1. The lowest BCUT2D eigenvalue weighted by Gasteiger charge is -2.27. The number of benzene rings is 2. The van der Waals surface area contributed by atoms with E-state index in [9.17, 15) is 19.5 Å². The summed E-state index contributed by atoms with van der Waals surface area (Å²) in [6.07, 6.45) is 4.07. The number of ether oxygens (including phenoxy) is 1. The van der Waals surface area contributed by atoms with Crippen LogP contribution in [0, 0.1) is 0 Å². The monoisotopic (exact) mass is 516 g/mol. The molecule has 0 radical (unpaired) electrons. The van der Waals surface area contributed by atoms with E-state index in [0.717, 1.165) is 24.0 Å². The Labute approximate surface area is 219 Å². The van der Waals surface area contributed by atoms with Gasteiger partial charge in [0.1, 0.15) is 12.6 Å². The van der Waals surface area contributed by atoms with E-state index in [0.29, 0.717) is 38.8 Å². The highest BCUT2D eigenvalue weighted by atomic mass is 35.5. The minimum absolute atomic E-state index is 0. The van der Waals surface area contributed by atoms with E-state index in [-0.39, 0.29) is 36.7 Å². The molecule has 196 valence electrons. The van der Waals surface area contributed by atoms with Crippen LogP contribution in [0.15, 0.2) is 60.7 Å². The molecule has 0 spiro atoms. The molecule has 1 fully saturated rings. The van der Waals surface area contributed by atoms with E-state index in [4.69, 9.17) is 4.74 Å². The smallest absolute Gasteiger partial charge is 0.323 e. The zero-order chi connectivity index (χ0) is 25.0. The number of carbonyl (C=O) groups is 3. The molecule has 1 amide bonds. The van der Waals surface area contributed by atoms with Crippen LogP contribution in [0.3, 0.4) is 0 Å². The van der Waals surface area contributed by atoms with Crippen molar-refractivity contribution in [1.82, 2.24) is 10.2 Å². The fourth-order valence-corrected chi connectivity index (χ4v) is 4.50. The molecule has 0 bridgehead atoms. The summed E-state index contributed by atoms with van der Waals surface area (Å²) in [7, 11) is 0. The standard InChI is InChI=1S/C28H36N2O5.ClH/c1-2-3-18-35-28(34)25(16-14-21-10-6-4-7-11-21)29-24-17-15-23(22-12-8-5-9-13-22)19-30(27(24)33)20-26(31)32;/h4-13,23-25,29H,2-3,14-20H2,1H3,(H,31,32);1H/t23?,24?,25-;/m0./s1. The molecule has 0 aromatic heterocycles. The zero-order valence-corrected chi connectivity index (χ0v) is 21.6. The van der Waals surface area contributed by atoms with Crippen molar-refractivity contribution in [2.24, 2.45) is 0 Å². The van der Waals surface area contributed by atoms with E-state index >= 15 is 0 Å². The Morgan fingerprint density at radius 2 is 1.75 bits per heavy atom. The molecule has 1 aliphatic rings. The third kappa shape index (κ3) is 8.95. The Balaban J connectivity index is 0.00000456. The second-order valence-corrected chi connectivity index (χ2v) is 9.11. The number of aliphatic carboxylic acids is 1. The van der Waals surface area contributed by atoms with Gasteiger partial charge in [-0.15, -0.1) is 12.4 Å². The van der Waals surface area contributed by atoms with Gasteiger partial charge in [0.2, 0.25) is 5.91 Å². The zero-order valence-electron chi connectivity index (χ0n) is 20.8. The lowest BCUT2D eigenvalue weighted by molar-refractivity contribution is -0.148. The normalized spacial score (nSPS) is 18.6. The van der Waals surface area contributed by atoms with Crippen LogP contribution in [0.5, 0.6) is 0 Å². The summed E-state index contributed by atoms with van der Waals surface area (Å²) in [4.78, 5) is 39.3. The second kappa shape index (κ2) is 15.3. The van der Waals surface area contributed by atoms with Gasteiger partial charge in [-0.25, -0.2) is 0 Å². The summed E-state index contributed by atoms with van der Waals surface area (Å²) in [5.74, 6) is -1.66. The molecule has 36 heavy (non-hydrogen) atoms. The average molecular weight is 517 g/mol. The molecule has 3 atom stereocenters. The molecular weight excluding hydrogens is 480 g/mol. The molecule has 1 saturated heterocycles. The van der Waals surface area contributed by atoms with E-state index < -0.39 is 18.1 Å². The maximum absolute atomic E-state index is 13.4. The number of carboxylic acids is 1. The number of esters is 1. The number of aryl methyl sites for hydroxylation is 1.